The molecular formula is C20H23ClN2O4. The highest BCUT2D eigenvalue weighted by molar-refractivity contribution is 6.31. The topological polar surface area (TPSA) is 67.9 Å². The molecule has 1 N–H and O–H groups in total. The van der Waals surface area contributed by atoms with Crippen LogP contribution in [0.5, 0.6) is 11.5 Å². The minimum absolute atomic E-state index is 0.125. The summed E-state index contributed by atoms with van der Waals surface area (Å²) in [7, 11) is 3.07. The van der Waals surface area contributed by atoms with Gasteiger partial charge in [0.05, 0.1) is 19.9 Å². The zero-order valence-electron chi connectivity index (χ0n) is 15.8. The highest BCUT2D eigenvalue weighted by Gasteiger charge is 2.18. The van der Waals surface area contributed by atoms with E-state index < -0.39 is 0 Å². The molecule has 0 heterocycles. The zero-order chi connectivity index (χ0) is 20.0. The number of carbonyl (C=O) groups excluding carboxylic acids is 2. The SMILES string of the molecule is COc1ccc(N(CCC(=O)Nc2ccc(C)c(Cl)c2)C(C)=O)c(OC)c1. The van der Waals surface area contributed by atoms with Crippen LogP contribution in [0.1, 0.15) is 18.9 Å². The molecule has 2 aromatic rings. The first-order valence-electron chi connectivity index (χ1n) is 8.42. The maximum atomic E-state index is 12.3. The maximum absolute atomic E-state index is 12.3. The van der Waals surface area contributed by atoms with E-state index in [1.165, 1.54) is 18.9 Å². The Bertz CT molecular complexity index is 839. The molecule has 0 unspecified atom stereocenters. The molecule has 0 aromatic heterocycles. The molecule has 0 radical (unpaired) electrons. The largest absolute Gasteiger partial charge is 0.497 e. The van der Waals surface area contributed by atoms with E-state index in [0.717, 1.165) is 5.56 Å². The van der Waals surface area contributed by atoms with Crippen LogP contribution in [-0.2, 0) is 9.59 Å². The fourth-order valence-electron chi connectivity index (χ4n) is 2.56. The lowest BCUT2D eigenvalue weighted by molar-refractivity contribution is -0.117. The van der Waals surface area contributed by atoms with Crippen LogP contribution in [0, 0.1) is 6.92 Å². The molecule has 0 saturated carbocycles. The van der Waals surface area contributed by atoms with Crippen LogP contribution in [0.3, 0.4) is 0 Å². The molecule has 0 fully saturated rings. The van der Waals surface area contributed by atoms with E-state index in [1.807, 2.05) is 13.0 Å². The Morgan fingerprint density at radius 3 is 2.44 bits per heavy atom. The first kappa shape index (κ1) is 20.6. The number of carbonyl (C=O) groups is 2. The van der Waals surface area contributed by atoms with Crippen molar-refractivity contribution in [2.45, 2.75) is 20.3 Å². The summed E-state index contributed by atoms with van der Waals surface area (Å²) < 4.78 is 10.5. The molecule has 0 saturated heterocycles. The third-order valence-corrected chi connectivity index (χ3v) is 4.48. The average molecular weight is 391 g/mol. The Labute approximate surface area is 164 Å². The number of nitrogens with one attached hydrogen (secondary N) is 1. The predicted octanol–water partition coefficient (Wildman–Crippen LogP) is 4.05. The van der Waals surface area contributed by atoms with Gasteiger partial charge >= 0.3 is 0 Å². The fraction of sp³-hybridized carbons (Fsp3) is 0.300. The van der Waals surface area contributed by atoms with Crippen LogP contribution in [0.4, 0.5) is 11.4 Å². The van der Waals surface area contributed by atoms with Gasteiger partial charge in [0.2, 0.25) is 11.8 Å². The smallest absolute Gasteiger partial charge is 0.226 e. The third kappa shape index (κ3) is 5.37. The van der Waals surface area contributed by atoms with Crippen LogP contribution in [-0.4, -0.2) is 32.6 Å². The van der Waals surface area contributed by atoms with Crippen molar-refractivity contribution >= 4 is 34.8 Å². The molecular weight excluding hydrogens is 368 g/mol. The van der Waals surface area contributed by atoms with E-state index in [9.17, 15) is 9.59 Å². The van der Waals surface area contributed by atoms with Crippen molar-refractivity contribution in [1.29, 1.82) is 0 Å². The molecule has 144 valence electrons. The lowest BCUT2D eigenvalue weighted by Crippen LogP contribution is -2.32. The fourth-order valence-corrected chi connectivity index (χ4v) is 2.74. The summed E-state index contributed by atoms with van der Waals surface area (Å²) in [5, 5.41) is 3.37. The van der Waals surface area contributed by atoms with Crippen LogP contribution in [0.15, 0.2) is 36.4 Å². The molecule has 0 aliphatic rings. The van der Waals surface area contributed by atoms with Crippen LogP contribution >= 0.6 is 11.6 Å². The van der Waals surface area contributed by atoms with Gasteiger partial charge in [0, 0.05) is 36.7 Å². The van der Waals surface area contributed by atoms with Crippen molar-refractivity contribution in [1.82, 2.24) is 0 Å². The summed E-state index contributed by atoms with van der Waals surface area (Å²) in [5.41, 5.74) is 2.13. The van der Waals surface area contributed by atoms with Crippen molar-refractivity contribution in [3.63, 3.8) is 0 Å². The van der Waals surface area contributed by atoms with E-state index in [2.05, 4.69) is 5.32 Å². The van der Waals surface area contributed by atoms with Gasteiger partial charge in [-0.3, -0.25) is 9.59 Å². The second kappa shape index (κ2) is 9.28. The predicted molar refractivity (Wildman–Crippen MR) is 107 cm³/mol. The van der Waals surface area contributed by atoms with Gasteiger partial charge in [-0.15, -0.1) is 0 Å². The van der Waals surface area contributed by atoms with Gasteiger partial charge < -0.3 is 19.7 Å². The molecule has 27 heavy (non-hydrogen) atoms. The highest BCUT2D eigenvalue weighted by Crippen LogP contribution is 2.32. The van der Waals surface area contributed by atoms with Crippen LogP contribution < -0.4 is 19.7 Å². The van der Waals surface area contributed by atoms with E-state index in [1.54, 1.807) is 37.4 Å². The molecule has 7 heteroatoms. The van der Waals surface area contributed by atoms with Gasteiger partial charge in [0.15, 0.2) is 0 Å². The number of benzene rings is 2. The van der Waals surface area contributed by atoms with Crippen molar-refractivity contribution in [2.75, 3.05) is 31.0 Å². The van der Waals surface area contributed by atoms with Crippen molar-refractivity contribution in [3.8, 4) is 11.5 Å². The summed E-state index contributed by atoms with van der Waals surface area (Å²) in [6, 6.07) is 10.5. The molecule has 0 aliphatic heterocycles. The van der Waals surface area contributed by atoms with Gasteiger partial charge in [0.25, 0.3) is 0 Å². The molecule has 6 nitrogen and oxygen atoms in total. The molecule has 2 rings (SSSR count). The van der Waals surface area contributed by atoms with Gasteiger partial charge in [-0.1, -0.05) is 17.7 Å². The minimum atomic E-state index is -0.214. The first-order chi connectivity index (χ1) is 12.8. The van der Waals surface area contributed by atoms with Gasteiger partial charge in [-0.05, 0) is 36.8 Å². The summed E-state index contributed by atoms with van der Waals surface area (Å²) in [4.78, 5) is 25.9. The van der Waals surface area contributed by atoms with Gasteiger partial charge in [-0.2, -0.15) is 0 Å². The Morgan fingerprint density at radius 1 is 1.11 bits per heavy atom. The Hall–Kier alpha value is -2.73. The number of anilines is 2. The number of nitrogens with zero attached hydrogens (tertiary/aromatic N) is 1. The molecule has 0 aliphatic carbocycles. The number of rotatable bonds is 7. The number of hydrogen-bond acceptors (Lipinski definition) is 4. The maximum Gasteiger partial charge on any atom is 0.226 e. The number of ether oxygens (including phenoxy) is 2. The minimum Gasteiger partial charge on any atom is -0.497 e. The molecule has 2 amide bonds. The highest BCUT2D eigenvalue weighted by atomic mass is 35.5. The summed E-state index contributed by atoms with van der Waals surface area (Å²) in [6.07, 6.45) is 0.125. The van der Waals surface area contributed by atoms with E-state index in [-0.39, 0.29) is 24.8 Å². The quantitative estimate of drug-likeness (QED) is 0.774. The number of halogens is 1. The van der Waals surface area contributed by atoms with Crippen molar-refractivity contribution in [2.24, 2.45) is 0 Å². The lowest BCUT2D eigenvalue weighted by Gasteiger charge is -2.23. The van der Waals surface area contributed by atoms with Crippen molar-refractivity contribution < 1.29 is 19.1 Å². The normalized spacial score (nSPS) is 10.3. The Kier molecular flexibility index (Phi) is 7.07. The number of amides is 2. The van der Waals surface area contributed by atoms with E-state index in [4.69, 9.17) is 21.1 Å². The van der Waals surface area contributed by atoms with Crippen molar-refractivity contribution in [3.05, 3.63) is 47.0 Å². The van der Waals surface area contributed by atoms with E-state index >= 15 is 0 Å². The summed E-state index contributed by atoms with van der Waals surface area (Å²) in [5.74, 6) is 0.710. The molecule has 0 bridgehead atoms. The summed E-state index contributed by atoms with van der Waals surface area (Å²) in [6.45, 7) is 3.55. The Morgan fingerprint density at radius 2 is 1.85 bits per heavy atom. The van der Waals surface area contributed by atoms with E-state index in [0.29, 0.717) is 27.9 Å². The average Bonchev–Trinajstić information content (AvgIpc) is 2.64. The number of aryl methyl sites for hydroxylation is 1. The number of hydrogen-bond donors (Lipinski definition) is 1. The standard InChI is InChI=1S/C20H23ClN2O4/c1-13-5-6-15(11-17(13)21)22-20(25)9-10-23(14(2)24)18-8-7-16(26-3)12-19(18)27-4/h5-8,11-12H,9-10H2,1-4H3,(H,22,25). The lowest BCUT2D eigenvalue weighted by atomic mass is 10.2. The first-order valence-corrected chi connectivity index (χ1v) is 8.79. The second-order valence-corrected chi connectivity index (χ2v) is 6.38. The third-order valence-electron chi connectivity index (χ3n) is 4.08. The molecule has 0 spiro atoms. The Balaban J connectivity index is 2.09. The zero-order valence-corrected chi connectivity index (χ0v) is 16.6. The monoisotopic (exact) mass is 390 g/mol. The number of methoxy groups -OCH3 is 2. The van der Waals surface area contributed by atoms with Crippen LogP contribution in [0.25, 0.3) is 0 Å². The summed E-state index contributed by atoms with van der Waals surface area (Å²) >= 11 is 6.08. The van der Waals surface area contributed by atoms with Gasteiger partial charge in [-0.25, -0.2) is 0 Å². The second-order valence-electron chi connectivity index (χ2n) is 5.97. The molecule has 2 aromatic carbocycles. The van der Waals surface area contributed by atoms with Crippen LogP contribution in [0.2, 0.25) is 5.02 Å². The molecule has 0 atom stereocenters. The van der Waals surface area contributed by atoms with Gasteiger partial charge in [0.1, 0.15) is 11.5 Å².